The van der Waals surface area contributed by atoms with E-state index in [4.69, 9.17) is 0 Å². The van der Waals surface area contributed by atoms with Gasteiger partial charge in [-0.3, -0.25) is 0 Å². The molecule has 2 aromatic rings. The standard InChI is InChI=1S/C28H30N2O3/c1-28(2)22-16-21(27(32)33)24(31)17-23(22)29(3)25(28)11-5-4-8-18-14-19-9-6-12-30-13-7-10-20(15-18)26(19)30/h4-5,8,11,14-17H,6-7,9-10,12-13H2,1-3H3,(H-,31,32,33)/p+1. The Morgan fingerprint density at radius 2 is 1.67 bits per heavy atom. The van der Waals surface area contributed by atoms with Crippen molar-refractivity contribution in [3.05, 3.63) is 70.3 Å². The molecule has 0 bridgehead atoms. The van der Waals surface area contributed by atoms with E-state index in [2.05, 4.69) is 55.2 Å². The van der Waals surface area contributed by atoms with Crippen molar-refractivity contribution in [1.82, 2.24) is 0 Å². The van der Waals surface area contributed by atoms with Crippen molar-refractivity contribution in [3.63, 3.8) is 0 Å². The second-order valence-corrected chi connectivity index (χ2v) is 9.86. The Labute approximate surface area is 195 Å². The van der Waals surface area contributed by atoms with Gasteiger partial charge in [-0.2, -0.15) is 4.58 Å². The molecule has 0 fully saturated rings. The van der Waals surface area contributed by atoms with Gasteiger partial charge in [0.05, 0.1) is 11.5 Å². The van der Waals surface area contributed by atoms with Crippen molar-refractivity contribution in [2.75, 3.05) is 25.0 Å². The van der Waals surface area contributed by atoms with E-state index in [1.54, 1.807) is 12.1 Å². The summed E-state index contributed by atoms with van der Waals surface area (Å²) >= 11 is 0. The van der Waals surface area contributed by atoms with Gasteiger partial charge in [-0.25, -0.2) is 4.79 Å². The molecule has 0 radical (unpaired) electrons. The number of allylic oxidation sites excluding steroid dienone is 3. The third-order valence-corrected chi connectivity index (χ3v) is 7.39. The number of aromatic hydroxyl groups is 1. The number of rotatable bonds is 4. The van der Waals surface area contributed by atoms with Crippen LogP contribution in [0.1, 0.15) is 59.3 Å². The number of carboxylic acids is 1. The molecule has 0 saturated carbocycles. The first-order valence-electron chi connectivity index (χ1n) is 11.7. The Bertz CT molecular complexity index is 1220. The Balaban J connectivity index is 1.41. The number of aromatic carboxylic acids is 1. The van der Waals surface area contributed by atoms with Crippen LogP contribution in [-0.4, -0.2) is 46.6 Å². The van der Waals surface area contributed by atoms with E-state index in [0.717, 1.165) is 29.8 Å². The highest BCUT2D eigenvalue weighted by atomic mass is 16.4. The van der Waals surface area contributed by atoms with Crippen molar-refractivity contribution in [1.29, 1.82) is 0 Å². The SMILES string of the molecule is C[N+]1=C(/C=C/C=C/c2cc3c4c(c2)CCCN4CCC3)C(C)(C)c2cc(C(=O)O)c(O)cc21. The van der Waals surface area contributed by atoms with Crippen LogP contribution in [0.4, 0.5) is 11.4 Å². The fourth-order valence-electron chi connectivity index (χ4n) is 5.77. The van der Waals surface area contributed by atoms with Gasteiger partial charge < -0.3 is 15.1 Å². The molecule has 2 N–H and O–H groups in total. The summed E-state index contributed by atoms with van der Waals surface area (Å²) in [5.74, 6) is -1.32. The third-order valence-electron chi connectivity index (χ3n) is 7.39. The van der Waals surface area contributed by atoms with Gasteiger partial charge in [0.15, 0.2) is 5.71 Å². The third kappa shape index (κ3) is 3.56. The zero-order valence-electron chi connectivity index (χ0n) is 19.6. The smallest absolute Gasteiger partial charge is 0.339 e. The lowest BCUT2D eigenvalue weighted by Crippen LogP contribution is -2.34. The van der Waals surface area contributed by atoms with Crippen molar-refractivity contribution in [2.24, 2.45) is 0 Å². The molecule has 0 spiro atoms. The number of anilines is 1. The number of nitrogens with zero attached hydrogens (tertiary/aromatic N) is 2. The molecule has 0 aromatic heterocycles. The van der Waals surface area contributed by atoms with Crippen LogP contribution < -0.4 is 4.90 Å². The number of fused-ring (bicyclic) bond motifs is 1. The Kier molecular flexibility index (Phi) is 5.15. The minimum atomic E-state index is -1.12. The highest BCUT2D eigenvalue weighted by Gasteiger charge is 2.44. The van der Waals surface area contributed by atoms with Crippen molar-refractivity contribution < 1.29 is 19.6 Å². The van der Waals surface area contributed by atoms with Crippen LogP contribution >= 0.6 is 0 Å². The summed E-state index contributed by atoms with van der Waals surface area (Å²) in [6, 6.07) is 7.83. The lowest BCUT2D eigenvalue weighted by atomic mass is 9.80. The van der Waals surface area contributed by atoms with E-state index in [-0.39, 0.29) is 16.7 Å². The van der Waals surface area contributed by atoms with Gasteiger partial charge in [0.1, 0.15) is 18.4 Å². The minimum absolute atomic E-state index is 0.0599. The predicted octanol–water partition coefficient (Wildman–Crippen LogP) is 5.06. The molecular formula is C28H31N2O3+. The fourth-order valence-corrected chi connectivity index (χ4v) is 5.77. The van der Waals surface area contributed by atoms with Crippen LogP contribution in [0.2, 0.25) is 0 Å². The average Bonchev–Trinajstić information content (AvgIpc) is 2.95. The molecule has 3 aliphatic heterocycles. The highest BCUT2D eigenvalue weighted by molar-refractivity contribution is 6.04. The van der Waals surface area contributed by atoms with Gasteiger partial charge in [0.25, 0.3) is 0 Å². The van der Waals surface area contributed by atoms with Gasteiger partial charge in [-0.05, 0) is 74.4 Å². The maximum Gasteiger partial charge on any atom is 0.339 e. The summed E-state index contributed by atoms with van der Waals surface area (Å²) < 4.78 is 2.03. The number of carbonyl (C=O) groups is 1. The van der Waals surface area contributed by atoms with Crippen LogP contribution in [-0.2, 0) is 18.3 Å². The van der Waals surface area contributed by atoms with Gasteiger partial charge in [0, 0.05) is 30.4 Å². The number of carboxylic acid groups (broad SMARTS) is 1. The molecule has 5 heteroatoms. The quantitative estimate of drug-likeness (QED) is 0.512. The molecular weight excluding hydrogens is 412 g/mol. The van der Waals surface area contributed by atoms with Crippen molar-refractivity contribution >= 4 is 29.1 Å². The van der Waals surface area contributed by atoms with E-state index in [1.807, 2.05) is 11.6 Å². The normalized spacial score (nSPS) is 18.8. The lowest BCUT2D eigenvalue weighted by molar-refractivity contribution is -0.401. The molecule has 5 rings (SSSR count). The molecule has 0 amide bonds. The summed E-state index contributed by atoms with van der Waals surface area (Å²) in [6.07, 6.45) is 13.2. The van der Waals surface area contributed by atoms with E-state index >= 15 is 0 Å². The van der Waals surface area contributed by atoms with Gasteiger partial charge >= 0.3 is 5.97 Å². The first-order valence-corrected chi connectivity index (χ1v) is 11.7. The first kappa shape index (κ1) is 21.5. The Morgan fingerprint density at radius 1 is 1.03 bits per heavy atom. The monoisotopic (exact) mass is 443 g/mol. The first-order chi connectivity index (χ1) is 15.8. The second kappa shape index (κ2) is 7.91. The summed E-state index contributed by atoms with van der Waals surface area (Å²) in [4.78, 5) is 14.1. The molecule has 2 aromatic carbocycles. The van der Waals surface area contributed by atoms with E-state index < -0.39 is 5.97 Å². The number of benzene rings is 2. The number of aryl methyl sites for hydroxylation is 2. The molecule has 170 valence electrons. The van der Waals surface area contributed by atoms with Gasteiger partial charge in [-0.15, -0.1) is 0 Å². The Morgan fingerprint density at radius 3 is 2.30 bits per heavy atom. The predicted molar refractivity (Wildman–Crippen MR) is 132 cm³/mol. The second-order valence-electron chi connectivity index (χ2n) is 9.86. The molecule has 5 nitrogen and oxygen atoms in total. The zero-order valence-corrected chi connectivity index (χ0v) is 19.6. The van der Waals surface area contributed by atoms with Crippen LogP contribution in [0.25, 0.3) is 6.08 Å². The molecule has 3 heterocycles. The molecule has 0 unspecified atom stereocenters. The summed E-state index contributed by atoms with van der Waals surface area (Å²) in [7, 11) is 1.96. The maximum absolute atomic E-state index is 11.5. The van der Waals surface area contributed by atoms with Crippen LogP contribution in [0.5, 0.6) is 5.75 Å². The van der Waals surface area contributed by atoms with E-state index in [9.17, 15) is 15.0 Å². The fraction of sp³-hybridized carbons (Fsp3) is 0.357. The number of phenols is 1. The van der Waals surface area contributed by atoms with E-state index in [0.29, 0.717) is 0 Å². The van der Waals surface area contributed by atoms with Gasteiger partial charge in [-0.1, -0.05) is 18.2 Å². The van der Waals surface area contributed by atoms with E-state index in [1.165, 1.54) is 48.3 Å². The molecule has 0 aliphatic carbocycles. The van der Waals surface area contributed by atoms with Gasteiger partial charge in [0.2, 0.25) is 5.69 Å². The topological polar surface area (TPSA) is 63.8 Å². The average molecular weight is 444 g/mol. The summed E-state index contributed by atoms with van der Waals surface area (Å²) in [5.41, 5.74) is 8.08. The van der Waals surface area contributed by atoms with Crippen LogP contribution in [0.3, 0.4) is 0 Å². The molecule has 0 saturated heterocycles. The lowest BCUT2D eigenvalue weighted by Gasteiger charge is -2.37. The number of hydrogen-bond donors (Lipinski definition) is 2. The zero-order chi connectivity index (χ0) is 23.3. The maximum atomic E-state index is 11.5. The molecule has 0 atom stereocenters. The Hall–Kier alpha value is -3.34. The number of hydrogen-bond acceptors (Lipinski definition) is 3. The molecule has 33 heavy (non-hydrogen) atoms. The highest BCUT2D eigenvalue weighted by Crippen LogP contribution is 2.42. The minimum Gasteiger partial charge on any atom is -0.507 e. The molecule has 3 aliphatic rings. The summed E-state index contributed by atoms with van der Waals surface area (Å²) in [6.45, 7) is 6.55. The summed E-state index contributed by atoms with van der Waals surface area (Å²) in [5, 5.41) is 19.6. The van der Waals surface area contributed by atoms with Crippen LogP contribution in [0, 0.1) is 0 Å². The van der Waals surface area contributed by atoms with Crippen molar-refractivity contribution in [2.45, 2.75) is 44.9 Å². The van der Waals surface area contributed by atoms with Crippen molar-refractivity contribution in [3.8, 4) is 5.75 Å². The van der Waals surface area contributed by atoms with Crippen LogP contribution in [0.15, 0.2) is 42.5 Å². The largest absolute Gasteiger partial charge is 0.507 e.